The number of furan rings is 1. The molecule has 7 heteroatoms. The standard InChI is InChI=1S/C11H16N4O2.HI/c1-3-6-14-11(13-2)15-7-8-4-5-9(17-8)10(12)16;/h3-5H,1,6-7H2,2H3,(H2,12,16)(H2,13,14,15);1H. The zero-order valence-electron chi connectivity index (χ0n) is 10.1. The summed E-state index contributed by atoms with van der Waals surface area (Å²) in [6, 6.07) is 3.23. The van der Waals surface area contributed by atoms with Crippen LogP contribution in [0.4, 0.5) is 0 Å². The van der Waals surface area contributed by atoms with Gasteiger partial charge in [0.1, 0.15) is 5.76 Å². The highest BCUT2D eigenvalue weighted by Crippen LogP contribution is 2.06. The summed E-state index contributed by atoms with van der Waals surface area (Å²) >= 11 is 0. The fourth-order valence-corrected chi connectivity index (χ4v) is 1.17. The summed E-state index contributed by atoms with van der Waals surface area (Å²) in [6.07, 6.45) is 1.73. The highest BCUT2D eigenvalue weighted by molar-refractivity contribution is 14.0. The molecule has 0 aromatic carbocycles. The molecule has 0 saturated carbocycles. The van der Waals surface area contributed by atoms with Gasteiger partial charge >= 0.3 is 0 Å². The number of carbonyl (C=O) groups is 1. The van der Waals surface area contributed by atoms with Gasteiger partial charge in [-0.3, -0.25) is 9.79 Å². The molecule has 1 aromatic heterocycles. The number of halogens is 1. The lowest BCUT2D eigenvalue weighted by molar-refractivity contribution is 0.0972. The van der Waals surface area contributed by atoms with Crippen molar-refractivity contribution in [1.29, 1.82) is 0 Å². The summed E-state index contributed by atoms with van der Waals surface area (Å²) in [7, 11) is 1.66. The van der Waals surface area contributed by atoms with Crippen LogP contribution in [-0.2, 0) is 6.54 Å². The number of hydrogen-bond acceptors (Lipinski definition) is 3. The summed E-state index contributed by atoms with van der Waals surface area (Å²) in [6.45, 7) is 4.63. The van der Waals surface area contributed by atoms with Crippen LogP contribution < -0.4 is 16.4 Å². The minimum Gasteiger partial charge on any atom is -0.454 e. The SMILES string of the molecule is C=CCNC(=NC)NCc1ccc(C(N)=O)o1.I. The second kappa shape index (κ2) is 8.56. The van der Waals surface area contributed by atoms with E-state index in [4.69, 9.17) is 10.2 Å². The molecule has 0 radical (unpaired) electrons. The molecular weight excluding hydrogens is 347 g/mol. The molecule has 1 amide bonds. The Hall–Kier alpha value is -1.51. The zero-order valence-corrected chi connectivity index (χ0v) is 12.4. The molecule has 6 nitrogen and oxygen atoms in total. The Morgan fingerprint density at radius 3 is 2.78 bits per heavy atom. The molecule has 100 valence electrons. The van der Waals surface area contributed by atoms with Crippen LogP contribution in [0.1, 0.15) is 16.3 Å². The summed E-state index contributed by atoms with van der Waals surface area (Å²) in [4.78, 5) is 14.8. The molecule has 1 rings (SSSR count). The molecule has 1 heterocycles. The molecule has 0 aliphatic heterocycles. The summed E-state index contributed by atoms with van der Waals surface area (Å²) in [5.41, 5.74) is 5.07. The summed E-state index contributed by atoms with van der Waals surface area (Å²) < 4.78 is 5.20. The van der Waals surface area contributed by atoms with E-state index >= 15 is 0 Å². The number of carbonyl (C=O) groups excluding carboxylic acids is 1. The second-order valence-electron chi connectivity index (χ2n) is 3.23. The molecule has 0 saturated heterocycles. The van der Waals surface area contributed by atoms with Crippen LogP contribution in [0.3, 0.4) is 0 Å². The van der Waals surface area contributed by atoms with Gasteiger partial charge in [0.15, 0.2) is 11.7 Å². The van der Waals surface area contributed by atoms with E-state index in [-0.39, 0.29) is 29.7 Å². The number of hydrogen-bond donors (Lipinski definition) is 3. The van der Waals surface area contributed by atoms with Gasteiger partial charge in [-0.15, -0.1) is 30.6 Å². The number of amides is 1. The quantitative estimate of drug-likeness (QED) is 0.313. The van der Waals surface area contributed by atoms with Gasteiger partial charge in [0, 0.05) is 13.6 Å². The van der Waals surface area contributed by atoms with Gasteiger partial charge < -0.3 is 20.8 Å². The average Bonchev–Trinajstić information content (AvgIpc) is 2.78. The molecule has 0 unspecified atom stereocenters. The normalized spacial score (nSPS) is 10.4. The maximum absolute atomic E-state index is 10.8. The molecule has 0 aliphatic carbocycles. The van der Waals surface area contributed by atoms with E-state index in [2.05, 4.69) is 22.2 Å². The Kier molecular flexibility index (Phi) is 7.84. The minimum absolute atomic E-state index is 0. The Balaban J connectivity index is 0.00000289. The van der Waals surface area contributed by atoms with Gasteiger partial charge in [0.2, 0.25) is 0 Å². The van der Waals surface area contributed by atoms with Crippen LogP contribution in [0.25, 0.3) is 0 Å². The number of aliphatic imine (C=N–C) groups is 1. The molecule has 0 spiro atoms. The molecule has 4 N–H and O–H groups in total. The van der Waals surface area contributed by atoms with E-state index in [1.54, 1.807) is 25.3 Å². The van der Waals surface area contributed by atoms with Crippen LogP contribution in [0.5, 0.6) is 0 Å². The molecule has 0 atom stereocenters. The fraction of sp³-hybridized carbons (Fsp3) is 0.273. The molecule has 1 aromatic rings. The first-order valence-corrected chi connectivity index (χ1v) is 5.11. The lowest BCUT2D eigenvalue weighted by atomic mass is 10.4. The number of nitrogens with two attached hydrogens (primary N) is 1. The first-order valence-electron chi connectivity index (χ1n) is 5.11. The first-order chi connectivity index (χ1) is 8.17. The molecule has 0 bridgehead atoms. The first kappa shape index (κ1) is 16.5. The van der Waals surface area contributed by atoms with Crippen LogP contribution in [0.15, 0.2) is 34.2 Å². The van der Waals surface area contributed by atoms with Crippen LogP contribution in [-0.4, -0.2) is 25.5 Å². The minimum atomic E-state index is -0.578. The van der Waals surface area contributed by atoms with E-state index in [1.165, 1.54) is 0 Å². The largest absolute Gasteiger partial charge is 0.454 e. The van der Waals surface area contributed by atoms with Crippen LogP contribution >= 0.6 is 24.0 Å². The van der Waals surface area contributed by atoms with Crippen molar-refractivity contribution >= 4 is 35.8 Å². The number of nitrogens with zero attached hydrogens (tertiary/aromatic N) is 1. The van der Waals surface area contributed by atoms with Gasteiger partial charge in [-0.25, -0.2) is 0 Å². The van der Waals surface area contributed by atoms with Gasteiger partial charge in [-0.1, -0.05) is 6.08 Å². The monoisotopic (exact) mass is 364 g/mol. The number of nitrogens with one attached hydrogen (secondary N) is 2. The summed E-state index contributed by atoms with van der Waals surface area (Å²) in [5, 5.41) is 6.02. The lowest BCUT2D eigenvalue weighted by Crippen LogP contribution is -2.36. The topological polar surface area (TPSA) is 92.6 Å². The maximum Gasteiger partial charge on any atom is 0.284 e. The van der Waals surface area contributed by atoms with E-state index in [0.717, 1.165) is 0 Å². The van der Waals surface area contributed by atoms with Crippen molar-refractivity contribution in [3.8, 4) is 0 Å². The Bertz CT molecular complexity index is 428. The van der Waals surface area contributed by atoms with Crippen LogP contribution in [0, 0.1) is 0 Å². The van der Waals surface area contributed by atoms with Crippen molar-refractivity contribution in [2.45, 2.75) is 6.54 Å². The summed E-state index contributed by atoms with van der Waals surface area (Å²) in [5.74, 6) is 0.809. The number of primary amides is 1. The average molecular weight is 364 g/mol. The van der Waals surface area contributed by atoms with E-state index in [0.29, 0.717) is 24.8 Å². The molecule has 18 heavy (non-hydrogen) atoms. The molecule has 0 aliphatic rings. The van der Waals surface area contributed by atoms with Crippen molar-refractivity contribution in [1.82, 2.24) is 10.6 Å². The highest BCUT2D eigenvalue weighted by atomic mass is 127. The van der Waals surface area contributed by atoms with Gasteiger partial charge in [-0.2, -0.15) is 0 Å². The Morgan fingerprint density at radius 2 is 2.28 bits per heavy atom. The Morgan fingerprint density at radius 1 is 1.56 bits per heavy atom. The third-order valence-electron chi connectivity index (χ3n) is 1.97. The van der Waals surface area contributed by atoms with Gasteiger partial charge in [-0.05, 0) is 12.1 Å². The third-order valence-corrected chi connectivity index (χ3v) is 1.97. The molecular formula is C11H17IN4O2. The predicted molar refractivity (Wildman–Crippen MR) is 81.0 cm³/mol. The predicted octanol–water partition coefficient (Wildman–Crippen LogP) is 0.847. The fourth-order valence-electron chi connectivity index (χ4n) is 1.17. The number of guanidine groups is 1. The smallest absolute Gasteiger partial charge is 0.284 e. The van der Waals surface area contributed by atoms with E-state index in [9.17, 15) is 4.79 Å². The maximum atomic E-state index is 10.8. The zero-order chi connectivity index (χ0) is 12.7. The second-order valence-corrected chi connectivity index (χ2v) is 3.23. The van der Waals surface area contributed by atoms with E-state index in [1.807, 2.05) is 0 Å². The van der Waals surface area contributed by atoms with Crippen molar-refractivity contribution < 1.29 is 9.21 Å². The Labute approximate surface area is 123 Å². The third kappa shape index (κ3) is 5.21. The van der Waals surface area contributed by atoms with Crippen molar-refractivity contribution in [2.24, 2.45) is 10.7 Å². The van der Waals surface area contributed by atoms with Crippen LogP contribution in [0.2, 0.25) is 0 Å². The van der Waals surface area contributed by atoms with Gasteiger partial charge in [0.25, 0.3) is 5.91 Å². The molecule has 0 fully saturated rings. The van der Waals surface area contributed by atoms with Crippen molar-refractivity contribution in [2.75, 3.05) is 13.6 Å². The van der Waals surface area contributed by atoms with E-state index < -0.39 is 5.91 Å². The number of rotatable bonds is 5. The highest BCUT2D eigenvalue weighted by Gasteiger charge is 2.07. The van der Waals surface area contributed by atoms with Crippen molar-refractivity contribution in [3.05, 3.63) is 36.3 Å². The van der Waals surface area contributed by atoms with Crippen molar-refractivity contribution in [3.63, 3.8) is 0 Å². The van der Waals surface area contributed by atoms with Gasteiger partial charge in [0.05, 0.1) is 6.54 Å². The lowest BCUT2D eigenvalue weighted by Gasteiger charge is -2.08.